The molecule has 2 aromatic carbocycles. The van der Waals surface area contributed by atoms with Crippen LogP contribution >= 0.6 is 0 Å². The summed E-state index contributed by atoms with van der Waals surface area (Å²) in [6.45, 7) is 6.30. The highest BCUT2D eigenvalue weighted by Crippen LogP contribution is 2.24. The Labute approximate surface area is 179 Å². The van der Waals surface area contributed by atoms with Crippen LogP contribution in [0.15, 0.2) is 42.5 Å². The van der Waals surface area contributed by atoms with E-state index in [1.165, 1.54) is 0 Å². The first kappa shape index (κ1) is 22.0. The normalized spacial score (nSPS) is 14.0. The third kappa shape index (κ3) is 5.45. The van der Waals surface area contributed by atoms with Gasteiger partial charge in [0.1, 0.15) is 11.5 Å². The fourth-order valence-electron chi connectivity index (χ4n) is 3.60. The zero-order valence-electron chi connectivity index (χ0n) is 18.2. The lowest BCUT2D eigenvalue weighted by molar-refractivity contribution is 0.0746. The average molecular weight is 413 g/mol. The van der Waals surface area contributed by atoms with E-state index < -0.39 is 0 Å². The van der Waals surface area contributed by atoms with Crippen LogP contribution < -0.4 is 14.4 Å². The van der Waals surface area contributed by atoms with Gasteiger partial charge in [-0.05, 0) is 48.9 Å². The van der Waals surface area contributed by atoms with Crippen LogP contribution in [-0.4, -0.2) is 57.8 Å². The second-order valence-corrected chi connectivity index (χ2v) is 7.41. The number of hydrogen-bond donors (Lipinski definition) is 0. The summed E-state index contributed by atoms with van der Waals surface area (Å²) >= 11 is 0. The Morgan fingerprint density at radius 2 is 1.70 bits per heavy atom. The van der Waals surface area contributed by atoms with Crippen molar-refractivity contribution in [1.29, 1.82) is 0 Å². The number of rotatable bonds is 9. The SMILES string of the molecule is CCCCOCc1cc(C(=O)N2CCN(c3ccc(OC)cc3)CC2)ccc1OC. The second kappa shape index (κ2) is 10.9. The molecule has 2 aromatic rings. The summed E-state index contributed by atoms with van der Waals surface area (Å²) in [6, 6.07) is 13.7. The lowest BCUT2D eigenvalue weighted by Crippen LogP contribution is -2.48. The Balaban J connectivity index is 1.61. The standard InChI is InChI=1S/C24H32N2O4/c1-4-5-16-30-18-20-17-19(6-11-23(20)29-3)24(27)26-14-12-25(13-15-26)21-7-9-22(28-2)10-8-21/h6-11,17H,4-5,12-16,18H2,1-3H3. The van der Waals surface area contributed by atoms with Crippen molar-refractivity contribution >= 4 is 11.6 Å². The second-order valence-electron chi connectivity index (χ2n) is 7.41. The molecule has 0 N–H and O–H groups in total. The van der Waals surface area contributed by atoms with Crippen LogP contribution in [-0.2, 0) is 11.3 Å². The van der Waals surface area contributed by atoms with Gasteiger partial charge in [-0.15, -0.1) is 0 Å². The zero-order chi connectivity index (χ0) is 21.3. The fraction of sp³-hybridized carbons (Fsp3) is 0.458. The van der Waals surface area contributed by atoms with Crippen LogP contribution in [0.4, 0.5) is 5.69 Å². The van der Waals surface area contributed by atoms with Crippen LogP contribution in [0.25, 0.3) is 0 Å². The van der Waals surface area contributed by atoms with E-state index in [9.17, 15) is 4.79 Å². The van der Waals surface area contributed by atoms with Crippen LogP contribution in [0.1, 0.15) is 35.7 Å². The van der Waals surface area contributed by atoms with E-state index in [-0.39, 0.29) is 5.91 Å². The molecule has 30 heavy (non-hydrogen) atoms. The molecular weight excluding hydrogens is 380 g/mol. The minimum Gasteiger partial charge on any atom is -0.497 e. The molecule has 1 fully saturated rings. The number of ether oxygens (including phenoxy) is 3. The lowest BCUT2D eigenvalue weighted by Gasteiger charge is -2.36. The van der Waals surface area contributed by atoms with E-state index >= 15 is 0 Å². The number of nitrogens with zero attached hydrogens (tertiary/aromatic N) is 2. The molecular formula is C24H32N2O4. The maximum atomic E-state index is 13.1. The Morgan fingerprint density at radius 1 is 0.967 bits per heavy atom. The average Bonchev–Trinajstić information content (AvgIpc) is 2.81. The molecule has 6 heteroatoms. The maximum absolute atomic E-state index is 13.1. The number of piperazine rings is 1. The molecule has 0 aromatic heterocycles. The summed E-state index contributed by atoms with van der Waals surface area (Å²) in [5, 5.41) is 0. The highest BCUT2D eigenvalue weighted by Gasteiger charge is 2.23. The predicted octanol–water partition coefficient (Wildman–Crippen LogP) is 3.98. The first-order valence-electron chi connectivity index (χ1n) is 10.6. The number of carbonyl (C=O) groups excluding carboxylic acids is 1. The number of anilines is 1. The van der Waals surface area contributed by atoms with E-state index in [2.05, 4.69) is 24.0 Å². The van der Waals surface area contributed by atoms with Gasteiger partial charge in [-0.2, -0.15) is 0 Å². The molecule has 0 saturated carbocycles. The van der Waals surface area contributed by atoms with Crippen LogP contribution in [0.2, 0.25) is 0 Å². The van der Waals surface area contributed by atoms with Gasteiger partial charge in [0, 0.05) is 49.6 Å². The highest BCUT2D eigenvalue weighted by molar-refractivity contribution is 5.94. The molecule has 162 valence electrons. The van der Waals surface area contributed by atoms with Crippen molar-refractivity contribution in [2.75, 3.05) is 51.9 Å². The molecule has 1 heterocycles. The van der Waals surface area contributed by atoms with Crippen molar-refractivity contribution in [2.45, 2.75) is 26.4 Å². The Bertz CT molecular complexity index is 814. The minimum absolute atomic E-state index is 0.0573. The number of carbonyl (C=O) groups is 1. The van der Waals surface area contributed by atoms with Crippen LogP contribution in [0.3, 0.4) is 0 Å². The fourth-order valence-corrected chi connectivity index (χ4v) is 3.60. The van der Waals surface area contributed by atoms with Crippen molar-refractivity contribution in [3.8, 4) is 11.5 Å². The summed E-state index contributed by atoms with van der Waals surface area (Å²) < 4.78 is 16.4. The Kier molecular flexibility index (Phi) is 7.97. The molecule has 1 aliphatic rings. The van der Waals surface area contributed by atoms with Gasteiger partial charge < -0.3 is 24.0 Å². The molecule has 0 unspecified atom stereocenters. The van der Waals surface area contributed by atoms with Gasteiger partial charge in [0.2, 0.25) is 0 Å². The summed E-state index contributed by atoms with van der Waals surface area (Å²) in [6.07, 6.45) is 2.12. The molecule has 1 amide bonds. The molecule has 1 saturated heterocycles. The van der Waals surface area contributed by atoms with E-state index in [0.29, 0.717) is 31.9 Å². The minimum atomic E-state index is 0.0573. The van der Waals surface area contributed by atoms with E-state index in [0.717, 1.165) is 48.7 Å². The molecule has 0 aliphatic carbocycles. The Morgan fingerprint density at radius 3 is 2.33 bits per heavy atom. The van der Waals surface area contributed by atoms with Crippen molar-refractivity contribution in [1.82, 2.24) is 4.90 Å². The third-order valence-electron chi connectivity index (χ3n) is 5.43. The third-order valence-corrected chi connectivity index (χ3v) is 5.43. The lowest BCUT2D eigenvalue weighted by atomic mass is 10.1. The first-order chi connectivity index (χ1) is 14.7. The summed E-state index contributed by atoms with van der Waals surface area (Å²) in [7, 11) is 3.31. The van der Waals surface area contributed by atoms with Gasteiger partial charge in [0.15, 0.2) is 0 Å². The van der Waals surface area contributed by atoms with Crippen molar-refractivity contribution in [3.63, 3.8) is 0 Å². The Hall–Kier alpha value is -2.73. The largest absolute Gasteiger partial charge is 0.497 e. The smallest absolute Gasteiger partial charge is 0.253 e. The van der Waals surface area contributed by atoms with Gasteiger partial charge in [0.05, 0.1) is 20.8 Å². The number of unbranched alkanes of at least 4 members (excludes halogenated alkanes) is 1. The summed E-state index contributed by atoms with van der Waals surface area (Å²) in [4.78, 5) is 17.3. The highest BCUT2D eigenvalue weighted by atomic mass is 16.5. The van der Waals surface area contributed by atoms with E-state index in [1.807, 2.05) is 35.2 Å². The van der Waals surface area contributed by atoms with Crippen molar-refractivity contribution in [2.24, 2.45) is 0 Å². The van der Waals surface area contributed by atoms with Gasteiger partial charge in [-0.25, -0.2) is 0 Å². The van der Waals surface area contributed by atoms with Gasteiger partial charge in [-0.3, -0.25) is 4.79 Å². The molecule has 0 atom stereocenters. The number of amides is 1. The monoisotopic (exact) mass is 412 g/mol. The van der Waals surface area contributed by atoms with Crippen LogP contribution in [0.5, 0.6) is 11.5 Å². The molecule has 0 bridgehead atoms. The maximum Gasteiger partial charge on any atom is 0.253 e. The molecule has 0 spiro atoms. The van der Waals surface area contributed by atoms with E-state index in [1.54, 1.807) is 14.2 Å². The van der Waals surface area contributed by atoms with Gasteiger partial charge >= 0.3 is 0 Å². The zero-order valence-corrected chi connectivity index (χ0v) is 18.2. The topological polar surface area (TPSA) is 51.2 Å². The molecule has 3 rings (SSSR count). The molecule has 1 aliphatic heterocycles. The quantitative estimate of drug-likeness (QED) is 0.583. The molecule has 0 radical (unpaired) electrons. The van der Waals surface area contributed by atoms with Crippen molar-refractivity contribution < 1.29 is 19.0 Å². The molecule has 6 nitrogen and oxygen atoms in total. The van der Waals surface area contributed by atoms with Crippen LogP contribution in [0, 0.1) is 0 Å². The predicted molar refractivity (Wildman–Crippen MR) is 119 cm³/mol. The number of methoxy groups -OCH3 is 2. The summed E-state index contributed by atoms with van der Waals surface area (Å²) in [5.74, 6) is 1.66. The number of benzene rings is 2. The van der Waals surface area contributed by atoms with Gasteiger partial charge in [0.25, 0.3) is 5.91 Å². The number of hydrogen-bond acceptors (Lipinski definition) is 5. The first-order valence-corrected chi connectivity index (χ1v) is 10.6. The van der Waals surface area contributed by atoms with E-state index in [4.69, 9.17) is 14.2 Å². The van der Waals surface area contributed by atoms with Gasteiger partial charge in [-0.1, -0.05) is 13.3 Å². The van der Waals surface area contributed by atoms with Crippen molar-refractivity contribution in [3.05, 3.63) is 53.6 Å². The summed E-state index contributed by atoms with van der Waals surface area (Å²) in [5.41, 5.74) is 2.75.